The number of aliphatic hydroxyl groups is 1. The Hall–Kier alpha value is -1.33. The molecule has 0 saturated heterocycles. The summed E-state index contributed by atoms with van der Waals surface area (Å²) in [5.74, 6) is -0.593. The van der Waals surface area contributed by atoms with E-state index in [1.807, 2.05) is 0 Å². The Morgan fingerprint density at radius 1 is 1.50 bits per heavy atom. The van der Waals surface area contributed by atoms with Gasteiger partial charge >= 0.3 is 6.03 Å². The third-order valence-corrected chi connectivity index (χ3v) is 2.03. The SMILES string of the molecule is O=C(NCCCO)Nc1ccc(Cl)cc1F. The van der Waals surface area contributed by atoms with E-state index < -0.39 is 11.8 Å². The van der Waals surface area contributed by atoms with Gasteiger partial charge in [-0.3, -0.25) is 0 Å². The molecule has 0 saturated carbocycles. The number of benzene rings is 1. The third kappa shape index (κ3) is 4.04. The molecule has 0 aromatic heterocycles. The summed E-state index contributed by atoms with van der Waals surface area (Å²) in [5.41, 5.74) is 0.0610. The number of carbonyl (C=O) groups is 1. The molecule has 0 aliphatic heterocycles. The molecule has 4 nitrogen and oxygen atoms in total. The van der Waals surface area contributed by atoms with E-state index in [0.717, 1.165) is 6.07 Å². The molecule has 0 aliphatic carbocycles. The Kier molecular flexibility index (Phi) is 5.01. The van der Waals surface area contributed by atoms with Gasteiger partial charge in [-0.15, -0.1) is 0 Å². The van der Waals surface area contributed by atoms with E-state index in [2.05, 4.69) is 10.6 Å². The van der Waals surface area contributed by atoms with Gasteiger partial charge in [0.2, 0.25) is 0 Å². The number of hydrogen-bond donors (Lipinski definition) is 3. The van der Waals surface area contributed by atoms with E-state index in [0.29, 0.717) is 13.0 Å². The first-order chi connectivity index (χ1) is 7.63. The molecule has 1 rings (SSSR count). The molecule has 6 heteroatoms. The van der Waals surface area contributed by atoms with Gasteiger partial charge in [-0.05, 0) is 24.6 Å². The number of urea groups is 1. The quantitative estimate of drug-likeness (QED) is 0.712. The Bertz CT molecular complexity index is 374. The number of rotatable bonds is 4. The summed E-state index contributed by atoms with van der Waals surface area (Å²) in [6.07, 6.45) is 0.455. The average Bonchev–Trinajstić information content (AvgIpc) is 2.23. The van der Waals surface area contributed by atoms with Crippen LogP contribution in [0.25, 0.3) is 0 Å². The van der Waals surface area contributed by atoms with Gasteiger partial charge < -0.3 is 15.7 Å². The zero-order valence-electron chi connectivity index (χ0n) is 8.46. The molecule has 3 N–H and O–H groups in total. The summed E-state index contributed by atoms with van der Waals surface area (Å²) >= 11 is 5.56. The van der Waals surface area contributed by atoms with Crippen LogP contribution in [0.15, 0.2) is 18.2 Å². The standard InChI is InChI=1S/C10H12ClFN2O2/c11-7-2-3-9(8(12)6-7)14-10(16)13-4-1-5-15/h2-3,6,15H,1,4-5H2,(H2,13,14,16). The second-order valence-corrected chi connectivity index (χ2v) is 3.52. The Labute approximate surface area is 97.4 Å². The van der Waals surface area contributed by atoms with Gasteiger partial charge in [0, 0.05) is 18.2 Å². The second-order valence-electron chi connectivity index (χ2n) is 3.08. The minimum Gasteiger partial charge on any atom is -0.396 e. The molecule has 88 valence electrons. The average molecular weight is 247 g/mol. The van der Waals surface area contributed by atoms with E-state index >= 15 is 0 Å². The maximum absolute atomic E-state index is 13.2. The summed E-state index contributed by atoms with van der Waals surface area (Å²) in [4.78, 5) is 11.2. The highest BCUT2D eigenvalue weighted by Gasteiger charge is 2.06. The fraction of sp³-hybridized carbons (Fsp3) is 0.300. The van der Waals surface area contributed by atoms with E-state index in [1.54, 1.807) is 0 Å². The lowest BCUT2D eigenvalue weighted by Crippen LogP contribution is -2.30. The Balaban J connectivity index is 2.49. The monoisotopic (exact) mass is 246 g/mol. The molecule has 0 fully saturated rings. The summed E-state index contributed by atoms with van der Waals surface area (Å²) in [6, 6.07) is 3.46. The predicted octanol–water partition coefficient (Wildman–Crippen LogP) is 1.98. The maximum Gasteiger partial charge on any atom is 0.319 e. The van der Waals surface area contributed by atoms with Gasteiger partial charge in [-0.1, -0.05) is 11.6 Å². The molecular formula is C10H12ClFN2O2. The molecule has 0 radical (unpaired) electrons. The summed E-state index contributed by atoms with van der Waals surface area (Å²) in [6.45, 7) is 0.327. The number of aliphatic hydroxyl groups excluding tert-OH is 1. The third-order valence-electron chi connectivity index (χ3n) is 1.80. The highest BCUT2D eigenvalue weighted by molar-refractivity contribution is 6.30. The zero-order chi connectivity index (χ0) is 12.0. The van der Waals surface area contributed by atoms with Crippen LogP contribution in [0.4, 0.5) is 14.9 Å². The number of nitrogens with one attached hydrogen (secondary N) is 2. The first kappa shape index (κ1) is 12.7. The van der Waals surface area contributed by atoms with Gasteiger partial charge in [0.1, 0.15) is 5.82 Å². The van der Waals surface area contributed by atoms with Crippen LogP contribution in [0.1, 0.15) is 6.42 Å². The summed E-state index contributed by atoms with van der Waals surface area (Å²) in [5, 5.41) is 13.6. The van der Waals surface area contributed by atoms with Crippen molar-refractivity contribution in [3.8, 4) is 0 Å². The second kappa shape index (κ2) is 6.30. The van der Waals surface area contributed by atoms with Crippen molar-refractivity contribution in [3.63, 3.8) is 0 Å². The molecule has 0 atom stereocenters. The van der Waals surface area contributed by atoms with E-state index in [1.165, 1.54) is 12.1 Å². The normalized spacial score (nSPS) is 9.94. The maximum atomic E-state index is 13.2. The Morgan fingerprint density at radius 3 is 2.88 bits per heavy atom. The van der Waals surface area contributed by atoms with Crippen LogP contribution in [0.3, 0.4) is 0 Å². The van der Waals surface area contributed by atoms with Crippen molar-refractivity contribution in [2.75, 3.05) is 18.5 Å². The summed E-state index contributed by atoms with van der Waals surface area (Å²) < 4.78 is 13.2. The van der Waals surface area contributed by atoms with E-state index in [-0.39, 0.29) is 17.3 Å². The smallest absolute Gasteiger partial charge is 0.319 e. The highest BCUT2D eigenvalue weighted by Crippen LogP contribution is 2.18. The highest BCUT2D eigenvalue weighted by atomic mass is 35.5. The van der Waals surface area contributed by atoms with Crippen molar-refractivity contribution >= 4 is 23.3 Å². The van der Waals surface area contributed by atoms with Crippen molar-refractivity contribution in [1.29, 1.82) is 0 Å². The zero-order valence-corrected chi connectivity index (χ0v) is 9.22. The van der Waals surface area contributed by atoms with Crippen LogP contribution >= 0.6 is 11.6 Å². The van der Waals surface area contributed by atoms with Crippen LogP contribution in [0.2, 0.25) is 5.02 Å². The molecule has 1 aromatic rings. The van der Waals surface area contributed by atoms with Crippen LogP contribution in [-0.2, 0) is 0 Å². The molecule has 0 spiro atoms. The number of halogens is 2. The number of carbonyl (C=O) groups excluding carboxylic acids is 1. The molecule has 1 aromatic carbocycles. The van der Waals surface area contributed by atoms with Crippen molar-refractivity contribution < 1.29 is 14.3 Å². The van der Waals surface area contributed by atoms with Crippen molar-refractivity contribution in [2.24, 2.45) is 0 Å². The van der Waals surface area contributed by atoms with Gasteiger partial charge in [-0.25, -0.2) is 9.18 Å². The fourth-order valence-corrected chi connectivity index (χ4v) is 1.20. The fourth-order valence-electron chi connectivity index (χ4n) is 1.04. The lowest BCUT2D eigenvalue weighted by molar-refractivity contribution is 0.248. The van der Waals surface area contributed by atoms with E-state index in [4.69, 9.17) is 16.7 Å². The van der Waals surface area contributed by atoms with E-state index in [9.17, 15) is 9.18 Å². The Morgan fingerprint density at radius 2 is 2.25 bits per heavy atom. The number of amides is 2. The number of hydrogen-bond acceptors (Lipinski definition) is 2. The first-order valence-electron chi connectivity index (χ1n) is 4.74. The number of anilines is 1. The molecule has 0 unspecified atom stereocenters. The topological polar surface area (TPSA) is 61.4 Å². The molecular weight excluding hydrogens is 235 g/mol. The lowest BCUT2D eigenvalue weighted by Gasteiger charge is -2.07. The predicted molar refractivity (Wildman–Crippen MR) is 60.1 cm³/mol. The molecule has 16 heavy (non-hydrogen) atoms. The molecule has 0 heterocycles. The van der Waals surface area contributed by atoms with Gasteiger partial charge in [-0.2, -0.15) is 0 Å². The summed E-state index contributed by atoms with van der Waals surface area (Å²) in [7, 11) is 0. The lowest BCUT2D eigenvalue weighted by atomic mass is 10.3. The van der Waals surface area contributed by atoms with Crippen molar-refractivity contribution in [1.82, 2.24) is 5.32 Å². The van der Waals surface area contributed by atoms with Crippen molar-refractivity contribution in [3.05, 3.63) is 29.0 Å². The molecule has 0 bridgehead atoms. The molecule has 0 aliphatic rings. The van der Waals surface area contributed by atoms with Crippen LogP contribution in [-0.4, -0.2) is 24.3 Å². The first-order valence-corrected chi connectivity index (χ1v) is 5.12. The largest absolute Gasteiger partial charge is 0.396 e. The molecule has 2 amide bonds. The van der Waals surface area contributed by atoms with Gasteiger partial charge in [0.05, 0.1) is 5.69 Å². The van der Waals surface area contributed by atoms with Crippen LogP contribution in [0.5, 0.6) is 0 Å². The minimum atomic E-state index is -0.593. The van der Waals surface area contributed by atoms with Crippen molar-refractivity contribution in [2.45, 2.75) is 6.42 Å². The van der Waals surface area contributed by atoms with Crippen LogP contribution < -0.4 is 10.6 Å². The van der Waals surface area contributed by atoms with Crippen LogP contribution in [0, 0.1) is 5.82 Å². The van der Waals surface area contributed by atoms with Gasteiger partial charge in [0.15, 0.2) is 0 Å². The van der Waals surface area contributed by atoms with Gasteiger partial charge in [0.25, 0.3) is 0 Å². The minimum absolute atomic E-state index is 0.00438.